The molecule has 0 spiro atoms. The topological polar surface area (TPSA) is 72.5 Å². The average molecular weight is 592 g/mol. The number of amides is 1. The van der Waals surface area contributed by atoms with Gasteiger partial charge in [-0.3, -0.25) is 14.4 Å². The third-order valence-electron chi connectivity index (χ3n) is 6.45. The zero-order valence-corrected chi connectivity index (χ0v) is 21.4. The number of Topliss-reactive ketones (excluding diaryl/α,β-unsaturated/α-hetero) is 1. The van der Waals surface area contributed by atoms with Crippen molar-refractivity contribution in [3.05, 3.63) is 99.8 Å². The summed E-state index contributed by atoms with van der Waals surface area (Å²) in [7, 11) is 0. The van der Waals surface area contributed by atoms with E-state index in [-0.39, 0.29) is 31.3 Å². The van der Waals surface area contributed by atoms with E-state index >= 15 is 0 Å². The first-order valence-corrected chi connectivity index (χ1v) is 12.5. The highest BCUT2D eigenvalue weighted by Crippen LogP contribution is 2.42. The molecule has 38 heavy (non-hydrogen) atoms. The van der Waals surface area contributed by atoms with Crippen molar-refractivity contribution in [2.45, 2.75) is 31.5 Å². The van der Waals surface area contributed by atoms with Crippen molar-refractivity contribution in [1.29, 1.82) is 0 Å². The SMILES string of the molecule is O=C1C[C@H](c2ccc(Br)cc2)[C@@H](C(=O)OCc2ccccc2)[C@H](C(=O)Nc2ccc(C(F)(F)F)cc2F)C1. The Morgan fingerprint density at radius 2 is 1.66 bits per heavy atom. The maximum atomic E-state index is 14.5. The Morgan fingerprint density at radius 3 is 2.29 bits per heavy atom. The van der Waals surface area contributed by atoms with E-state index in [9.17, 15) is 31.9 Å². The number of halogens is 5. The maximum Gasteiger partial charge on any atom is 0.416 e. The van der Waals surface area contributed by atoms with Gasteiger partial charge in [-0.15, -0.1) is 0 Å². The first-order valence-electron chi connectivity index (χ1n) is 11.7. The highest BCUT2D eigenvalue weighted by molar-refractivity contribution is 9.10. The molecule has 0 radical (unpaired) electrons. The van der Waals surface area contributed by atoms with Crippen LogP contribution in [0.1, 0.15) is 35.4 Å². The molecule has 1 N–H and O–H groups in total. The summed E-state index contributed by atoms with van der Waals surface area (Å²) in [5.74, 6) is -6.14. The van der Waals surface area contributed by atoms with Crippen LogP contribution in [-0.2, 0) is 31.9 Å². The molecule has 0 heterocycles. The van der Waals surface area contributed by atoms with Crippen LogP contribution in [-0.4, -0.2) is 17.7 Å². The number of alkyl halides is 3. The van der Waals surface area contributed by atoms with Gasteiger partial charge in [0.05, 0.1) is 23.1 Å². The molecule has 3 aromatic rings. The number of ether oxygens (including phenoxy) is 1. The molecule has 5 nitrogen and oxygen atoms in total. The van der Waals surface area contributed by atoms with Gasteiger partial charge in [0.1, 0.15) is 18.2 Å². The predicted molar refractivity (Wildman–Crippen MR) is 134 cm³/mol. The van der Waals surface area contributed by atoms with Crippen molar-refractivity contribution >= 4 is 39.3 Å². The van der Waals surface area contributed by atoms with Crippen LogP contribution >= 0.6 is 15.9 Å². The van der Waals surface area contributed by atoms with Crippen molar-refractivity contribution in [3.8, 4) is 0 Å². The molecule has 0 aromatic heterocycles. The van der Waals surface area contributed by atoms with Crippen molar-refractivity contribution in [2.75, 3.05) is 5.32 Å². The second-order valence-corrected chi connectivity index (χ2v) is 9.93. The highest BCUT2D eigenvalue weighted by atomic mass is 79.9. The number of ketones is 1. The zero-order chi connectivity index (χ0) is 27.4. The molecule has 0 aliphatic heterocycles. The third kappa shape index (κ3) is 6.48. The molecule has 1 fully saturated rings. The molecule has 0 saturated heterocycles. The third-order valence-corrected chi connectivity index (χ3v) is 6.98. The van der Waals surface area contributed by atoms with Crippen LogP contribution in [0.4, 0.5) is 23.2 Å². The number of rotatable bonds is 6. The first-order chi connectivity index (χ1) is 18.0. The summed E-state index contributed by atoms with van der Waals surface area (Å²) in [5.41, 5.74) is -0.335. The highest BCUT2D eigenvalue weighted by Gasteiger charge is 2.46. The van der Waals surface area contributed by atoms with Gasteiger partial charge in [-0.05, 0) is 41.5 Å². The monoisotopic (exact) mass is 591 g/mol. The lowest BCUT2D eigenvalue weighted by molar-refractivity contribution is -0.157. The molecule has 0 bridgehead atoms. The first kappa shape index (κ1) is 27.5. The molecule has 1 aliphatic rings. The summed E-state index contributed by atoms with van der Waals surface area (Å²) >= 11 is 3.34. The Bertz CT molecular complexity index is 1330. The van der Waals surface area contributed by atoms with Gasteiger partial charge < -0.3 is 10.1 Å². The molecular formula is C28H22BrF4NO4. The second kappa shape index (κ2) is 11.5. The second-order valence-electron chi connectivity index (χ2n) is 9.01. The van der Waals surface area contributed by atoms with Crippen molar-refractivity contribution in [1.82, 2.24) is 0 Å². The summed E-state index contributed by atoms with van der Waals surface area (Å²) in [6.07, 6.45) is -5.07. The minimum absolute atomic E-state index is 0.00877. The molecule has 1 amide bonds. The molecular weight excluding hydrogens is 570 g/mol. The maximum absolute atomic E-state index is 14.5. The summed E-state index contributed by atoms with van der Waals surface area (Å²) in [6, 6.07) is 17.6. The average Bonchev–Trinajstić information content (AvgIpc) is 2.88. The number of benzene rings is 3. The quantitative estimate of drug-likeness (QED) is 0.257. The molecule has 4 rings (SSSR count). The standard InChI is InChI=1S/C28H22BrF4NO4/c29-19-9-6-17(7-10-19)21-13-20(35)14-22(25(21)27(37)38-15-16-4-2-1-3-5-16)26(36)34-24-11-8-18(12-23(24)30)28(31,32)33/h1-12,21-22,25H,13-15H2,(H,34,36)/t21-,22-,25-/m1/s1. The Labute approximate surface area is 224 Å². The van der Waals surface area contributed by atoms with Gasteiger partial charge in [0.25, 0.3) is 0 Å². The smallest absolute Gasteiger partial charge is 0.416 e. The number of nitrogens with one attached hydrogen (secondary N) is 1. The predicted octanol–water partition coefficient (Wildman–Crippen LogP) is 6.67. The summed E-state index contributed by atoms with van der Waals surface area (Å²) in [6.45, 7) is -0.0565. The van der Waals surface area contributed by atoms with E-state index in [4.69, 9.17) is 4.74 Å². The van der Waals surface area contributed by atoms with Crippen LogP contribution in [0, 0.1) is 17.7 Å². The number of carbonyl (C=O) groups is 3. The van der Waals surface area contributed by atoms with Crippen molar-refractivity contribution in [2.24, 2.45) is 11.8 Å². The lowest BCUT2D eigenvalue weighted by Gasteiger charge is -2.35. The number of anilines is 1. The Hall–Kier alpha value is -3.53. The normalized spacial score (nSPS) is 19.6. The number of carbonyl (C=O) groups excluding carboxylic acids is 3. The van der Waals surface area contributed by atoms with Crippen LogP contribution in [0.5, 0.6) is 0 Å². The fourth-order valence-corrected chi connectivity index (χ4v) is 4.84. The van der Waals surface area contributed by atoms with E-state index in [1.807, 2.05) is 6.07 Å². The van der Waals surface area contributed by atoms with Gasteiger partial charge in [-0.2, -0.15) is 13.2 Å². The van der Waals surface area contributed by atoms with E-state index in [1.54, 1.807) is 48.5 Å². The van der Waals surface area contributed by atoms with Gasteiger partial charge in [0, 0.05) is 23.2 Å². The molecule has 1 saturated carbocycles. The summed E-state index contributed by atoms with van der Waals surface area (Å²) in [5, 5.41) is 2.27. The summed E-state index contributed by atoms with van der Waals surface area (Å²) < 4.78 is 59.5. The molecule has 1 aliphatic carbocycles. The Balaban J connectivity index is 1.63. The number of esters is 1. The van der Waals surface area contributed by atoms with Crippen LogP contribution in [0.2, 0.25) is 0 Å². The number of hydrogen-bond donors (Lipinski definition) is 1. The number of hydrogen-bond acceptors (Lipinski definition) is 4. The van der Waals surface area contributed by atoms with Crippen LogP contribution in [0.15, 0.2) is 77.3 Å². The minimum Gasteiger partial charge on any atom is -0.461 e. The lowest BCUT2D eigenvalue weighted by atomic mass is 9.68. The van der Waals surface area contributed by atoms with Gasteiger partial charge in [0.15, 0.2) is 0 Å². The van der Waals surface area contributed by atoms with Gasteiger partial charge >= 0.3 is 12.1 Å². The van der Waals surface area contributed by atoms with Crippen LogP contribution in [0.3, 0.4) is 0 Å². The van der Waals surface area contributed by atoms with Crippen LogP contribution < -0.4 is 5.32 Å². The Kier molecular flexibility index (Phi) is 8.30. The molecule has 3 aromatic carbocycles. The minimum atomic E-state index is -4.76. The fourth-order valence-electron chi connectivity index (χ4n) is 4.57. The van der Waals surface area contributed by atoms with Gasteiger partial charge in [-0.25, -0.2) is 4.39 Å². The van der Waals surface area contributed by atoms with E-state index in [2.05, 4.69) is 21.2 Å². The van der Waals surface area contributed by atoms with Crippen molar-refractivity contribution in [3.63, 3.8) is 0 Å². The molecule has 198 valence electrons. The van der Waals surface area contributed by atoms with E-state index in [1.165, 1.54) is 0 Å². The van der Waals surface area contributed by atoms with Gasteiger partial charge in [0.2, 0.25) is 5.91 Å². The molecule has 0 unspecified atom stereocenters. The van der Waals surface area contributed by atoms with Crippen LogP contribution in [0.25, 0.3) is 0 Å². The fraction of sp³-hybridized carbons (Fsp3) is 0.250. The zero-order valence-electron chi connectivity index (χ0n) is 19.8. The van der Waals surface area contributed by atoms with Crippen molar-refractivity contribution < 1.29 is 36.7 Å². The molecule has 3 atom stereocenters. The summed E-state index contributed by atoms with van der Waals surface area (Å²) in [4.78, 5) is 39.4. The van der Waals surface area contributed by atoms with E-state index in [0.29, 0.717) is 11.6 Å². The Morgan fingerprint density at radius 1 is 0.974 bits per heavy atom. The largest absolute Gasteiger partial charge is 0.461 e. The van der Waals surface area contributed by atoms with E-state index in [0.717, 1.165) is 16.1 Å². The lowest BCUT2D eigenvalue weighted by Crippen LogP contribution is -2.43. The molecule has 10 heteroatoms. The van der Waals surface area contributed by atoms with Gasteiger partial charge in [-0.1, -0.05) is 58.4 Å². The van der Waals surface area contributed by atoms with E-state index < -0.39 is 52.9 Å².